The molecule has 2 aliphatic heterocycles. The van der Waals surface area contributed by atoms with Crippen LogP contribution in [0.4, 0.5) is 5.82 Å². The number of anilines is 1. The van der Waals surface area contributed by atoms with E-state index in [4.69, 9.17) is 16.6 Å². The number of benzene rings is 1. The summed E-state index contributed by atoms with van der Waals surface area (Å²) in [5.41, 5.74) is 1.23. The molecule has 1 amide bonds. The maximum atomic E-state index is 12.6. The summed E-state index contributed by atoms with van der Waals surface area (Å²) < 4.78 is 0. The summed E-state index contributed by atoms with van der Waals surface area (Å²) in [6.45, 7) is 8.61. The lowest BCUT2D eigenvalue weighted by Gasteiger charge is -2.35. The van der Waals surface area contributed by atoms with E-state index in [0.717, 1.165) is 64.5 Å². The molecule has 2 saturated heterocycles. The lowest BCUT2D eigenvalue weighted by molar-refractivity contribution is -0.129. The van der Waals surface area contributed by atoms with Gasteiger partial charge in [-0.3, -0.25) is 9.69 Å². The van der Waals surface area contributed by atoms with Crippen molar-refractivity contribution in [1.82, 2.24) is 19.8 Å². The Balaban J connectivity index is 1.26. The molecule has 0 spiro atoms. The summed E-state index contributed by atoms with van der Waals surface area (Å²) in [6, 6.07) is 12.2. The van der Waals surface area contributed by atoms with E-state index < -0.39 is 0 Å². The highest BCUT2D eigenvalue weighted by atomic mass is 35.5. The number of piperazine rings is 1. The second-order valence-electron chi connectivity index (χ2n) is 8.78. The molecule has 176 valence electrons. The first kappa shape index (κ1) is 24.0. The monoisotopic (exact) mass is 485 g/mol. The molecule has 33 heavy (non-hydrogen) atoms. The largest absolute Gasteiger partial charge is 0.354 e. The fourth-order valence-electron chi connectivity index (χ4n) is 4.15. The molecule has 4 rings (SSSR count). The number of nitrogens with zero attached hydrogens (tertiary/aromatic N) is 5. The van der Waals surface area contributed by atoms with Gasteiger partial charge < -0.3 is 9.80 Å². The van der Waals surface area contributed by atoms with Gasteiger partial charge in [0.05, 0.1) is 5.75 Å². The molecule has 1 aromatic carbocycles. The minimum absolute atomic E-state index is 0.161. The van der Waals surface area contributed by atoms with Crippen LogP contribution in [0.5, 0.6) is 0 Å². The van der Waals surface area contributed by atoms with Gasteiger partial charge in [0, 0.05) is 51.9 Å². The number of carbonyl (C=O) groups excluding carboxylic acids is 1. The van der Waals surface area contributed by atoms with E-state index in [0.29, 0.717) is 22.0 Å². The predicted molar refractivity (Wildman–Crippen MR) is 137 cm³/mol. The van der Waals surface area contributed by atoms with Crippen LogP contribution in [0.1, 0.15) is 25.3 Å². The molecule has 6 nitrogen and oxygen atoms in total. The Bertz CT molecular complexity index is 941. The van der Waals surface area contributed by atoms with Crippen LogP contribution >= 0.6 is 23.4 Å². The first-order valence-electron chi connectivity index (χ1n) is 11.7. The van der Waals surface area contributed by atoms with E-state index in [1.807, 2.05) is 17.0 Å². The summed E-state index contributed by atoms with van der Waals surface area (Å²) in [6.07, 6.45) is 6.57. The molecule has 0 aliphatic carbocycles. The first-order chi connectivity index (χ1) is 16.1. The molecule has 2 aliphatic rings. The maximum absolute atomic E-state index is 12.6. The molecule has 0 unspecified atom stereocenters. The van der Waals surface area contributed by atoms with Crippen LogP contribution in [-0.4, -0.2) is 77.2 Å². The van der Waals surface area contributed by atoms with Crippen LogP contribution in [0.15, 0.2) is 47.6 Å². The van der Waals surface area contributed by atoms with Crippen LogP contribution < -0.4 is 4.90 Å². The third-order valence-corrected chi connectivity index (χ3v) is 7.32. The number of halogens is 1. The van der Waals surface area contributed by atoms with Crippen molar-refractivity contribution in [1.29, 1.82) is 0 Å². The fourth-order valence-corrected chi connectivity index (χ4v) is 5.13. The van der Waals surface area contributed by atoms with E-state index in [9.17, 15) is 4.79 Å². The van der Waals surface area contributed by atoms with Crippen LogP contribution in [-0.2, 0) is 4.79 Å². The Morgan fingerprint density at radius 3 is 2.55 bits per heavy atom. The summed E-state index contributed by atoms with van der Waals surface area (Å²) >= 11 is 7.68. The number of rotatable bonds is 7. The highest BCUT2D eigenvalue weighted by Crippen LogP contribution is 2.24. The average molecular weight is 486 g/mol. The second kappa shape index (κ2) is 11.9. The molecule has 2 aromatic rings. The van der Waals surface area contributed by atoms with Crippen LogP contribution in [0.2, 0.25) is 5.15 Å². The average Bonchev–Trinajstić information content (AvgIpc) is 2.84. The molecule has 0 N–H and O–H groups in total. The van der Waals surface area contributed by atoms with Gasteiger partial charge in [0.25, 0.3) is 0 Å². The van der Waals surface area contributed by atoms with Crippen molar-refractivity contribution in [2.24, 2.45) is 5.92 Å². The number of likely N-dealkylation sites (tertiary alicyclic amines) is 1. The molecular weight excluding hydrogens is 454 g/mol. The van der Waals surface area contributed by atoms with Gasteiger partial charge >= 0.3 is 0 Å². The molecular formula is C25H32ClN5OS. The van der Waals surface area contributed by atoms with Crippen molar-refractivity contribution in [3.63, 3.8) is 0 Å². The third-order valence-electron chi connectivity index (χ3n) is 6.29. The smallest absolute Gasteiger partial charge is 0.233 e. The van der Waals surface area contributed by atoms with Crippen molar-refractivity contribution in [3.8, 4) is 0 Å². The molecule has 0 atom stereocenters. The highest BCUT2D eigenvalue weighted by molar-refractivity contribution is 7.99. The Morgan fingerprint density at radius 1 is 1.09 bits per heavy atom. The van der Waals surface area contributed by atoms with Gasteiger partial charge in [-0.1, -0.05) is 72.8 Å². The number of thioether (sulfide) groups is 1. The maximum Gasteiger partial charge on any atom is 0.233 e. The number of aromatic nitrogens is 2. The zero-order valence-electron chi connectivity index (χ0n) is 19.2. The number of carbonyl (C=O) groups is 1. The topological polar surface area (TPSA) is 52.6 Å². The van der Waals surface area contributed by atoms with Gasteiger partial charge in [-0.15, -0.1) is 0 Å². The lowest BCUT2D eigenvalue weighted by Crippen LogP contribution is -2.46. The third kappa shape index (κ3) is 7.19. The molecule has 0 radical (unpaired) electrons. The Morgan fingerprint density at radius 2 is 1.82 bits per heavy atom. The Kier molecular flexibility index (Phi) is 8.64. The van der Waals surface area contributed by atoms with E-state index in [-0.39, 0.29) is 5.91 Å². The zero-order valence-corrected chi connectivity index (χ0v) is 20.8. The van der Waals surface area contributed by atoms with Gasteiger partial charge in [0.1, 0.15) is 11.0 Å². The zero-order chi connectivity index (χ0) is 23.0. The fraction of sp³-hybridized carbons (Fsp3) is 0.480. The number of hydrogen-bond donors (Lipinski definition) is 0. The van der Waals surface area contributed by atoms with Crippen molar-refractivity contribution in [3.05, 3.63) is 53.2 Å². The number of piperidine rings is 1. The van der Waals surface area contributed by atoms with Crippen LogP contribution in [0.25, 0.3) is 6.08 Å². The van der Waals surface area contributed by atoms with Gasteiger partial charge in [0.2, 0.25) is 5.91 Å². The standard InChI is InChI=1S/C25H32ClN5OS/c1-20-9-12-31(13-10-20)24(32)19-33-25-27-22(26)18-23(28-25)30-16-14-29(15-17-30)11-5-8-21-6-3-2-4-7-21/h2-8,18,20H,9-17,19H2,1H3. The van der Waals surface area contributed by atoms with E-state index in [1.54, 1.807) is 0 Å². The number of hydrogen-bond acceptors (Lipinski definition) is 6. The number of amides is 1. The quantitative estimate of drug-likeness (QED) is 0.331. The molecule has 0 bridgehead atoms. The minimum Gasteiger partial charge on any atom is -0.354 e. The second-order valence-corrected chi connectivity index (χ2v) is 10.1. The van der Waals surface area contributed by atoms with Crippen molar-refractivity contribution in [2.75, 3.05) is 56.5 Å². The van der Waals surface area contributed by atoms with E-state index >= 15 is 0 Å². The minimum atomic E-state index is 0.161. The summed E-state index contributed by atoms with van der Waals surface area (Å²) in [5.74, 6) is 2.07. The molecule has 3 heterocycles. The lowest BCUT2D eigenvalue weighted by atomic mass is 9.99. The first-order valence-corrected chi connectivity index (χ1v) is 13.1. The molecule has 1 aromatic heterocycles. The molecule has 8 heteroatoms. The van der Waals surface area contributed by atoms with Gasteiger partial charge in [-0.05, 0) is 24.3 Å². The van der Waals surface area contributed by atoms with Crippen LogP contribution in [0, 0.1) is 5.92 Å². The van der Waals surface area contributed by atoms with Gasteiger partial charge in [0.15, 0.2) is 5.16 Å². The van der Waals surface area contributed by atoms with E-state index in [1.165, 1.54) is 17.3 Å². The van der Waals surface area contributed by atoms with Crippen molar-refractivity contribution < 1.29 is 4.79 Å². The van der Waals surface area contributed by atoms with Gasteiger partial charge in [-0.2, -0.15) is 0 Å². The van der Waals surface area contributed by atoms with Crippen molar-refractivity contribution >= 4 is 41.2 Å². The molecule has 2 fully saturated rings. The van der Waals surface area contributed by atoms with E-state index in [2.05, 4.69) is 58.1 Å². The highest BCUT2D eigenvalue weighted by Gasteiger charge is 2.22. The van der Waals surface area contributed by atoms with Crippen LogP contribution in [0.3, 0.4) is 0 Å². The summed E-state index contributed by atoms with van der Waals surface area (Å²) in [4.78, 5) is 28.3. The SMILES string of the molecule is CC1CCN(C(=O)CSc2nc(Cl)cc(N3CCN(CC=Cc4ccccc4)CC3)n2)CC1. The Hall–Kier alpha value is -2.09. The Labute approximate surface area is 206 Å². The summed E-state index contributed by atoms with van der Waals surface area (Å²) in [5, 5.41) is 0.999. The normalized spacial score (nSPS) is 18.2. The predicted octanol–water partition coefficient (Wildman–Crippen LogP) is 4.32. The van der Waals surface area contributed by atoms with Gasteiger partial charge in [-0.25, -0.2) is 9.97 Å². The van der Waals surface area contributed by atoms with Crippen molar-refractivity contribution in [2.45, 2.75) is 24.9 Å². The molecule has 0 saturated carbocycles. The summed E-state index contributed by atoms with van der Waals surface area (Å²) in [7, 11) is 0.